The second kappa shape index (κ2) is 8.93. The molecule has 0 fully saturated rings. The van der Waals surface area contributed by atoms with Crippen molar-refractivity contribution in [3.05, 3.63) is 29.6 Å². The molecule has 1 aromatic carbocycles. The second-order valence-electron chi connectivity index (χ2n) is 5.23. The van der Waals surface area contributed by atoms with Crippen LogP contribution >= 0.6 is 0 Å². The highest BCUT2D eigenvalue weighted by molar-refractivity contribution is 5.54. The van der Waals surface area contributed by atoms with E-state index in [1.165, 1.54) is 0 Å². The van der Waals surface area contributed by atoms with Crippen molar-refractivity contribution < 1.29 is 9.13 Å². The van der Waals surface area contributed by atoms with Crippen molar-refractivity contribution >= 4 is 5.69 Å². The Morgan fingerprint density at radius 2 is 2.10 bits per heavy atom. The van der Waals surface area contributed by atoms with E-state index < -0.39 is 0 Å². The zero-order valence-electron chi connectivity index (χ0n) is 13.1. The molecule has 0 atom stereocenters. The van der Waals surface area contributed by atoms with Gasteiger partial charge in [0.25, 0.3) is 0 Å². The van der Waals surface area contributed by atoms with Crippen molar-refractivity contribution in [3.63, 3.8) is 0 Å². The molecule has 114 valence electrons. The van der Waals surface area contributed by atoms with Crippen LogP contribution in [-0.2, 0) is 11.3 Å². The summed E-state index contributed by atoms with van der Waals surface area (Å²) in [6, 6.07) is 5.45. The highest BCUT2D eigenvalue weighted by Gasteiger charge is 2.14. The molecule has 0 aliphatic rings. The maximum Gasteiger partial charge on any atom is 0.123 e. The van der Waals surface area contributed by atoms with Crippen LogP contribution in [0.2, 0.25) is 0 Å². The van der Waals surface area contributed by atoms with Gasteiger partial charge >= 0.3 is 0 Å². The number of hydrogen-bond acceptors (Lipinski definition) is 3. The minimum Gasteiger partial charge on any atom is -0.383 e. The molecule has 0 bridgehead atoms. The van der Waals surface area contributed by atoms with Gasteiger partial charge in [-0.25, -0.2) is 4.39 Å². The van der Waals surface area contributed by atoms with E-state index in [1.54, 1.807) is 19.2 Å². The van der Waals surface area contributed by atoms with Gasteiger partial charge in [0, 0.05) is 38.5 Å². The van der Waals surface area contributed by atoms with Gasteiger partial charge in [-0.2, -0.15) is 0 Å². The van der Waals surface area contributed by atoms with Crippen LogP contribution in [0.25, 0.3) is 0 Å². The van der Waals surface area contributed by atoms with Crippen molar-refractivity contribution in [2.24, 2.45) is 0 Å². The van der Waals surface area contributed by atoms with Crippen LogP contribution in [0, 0.1) is 5.82 Å². The maximum atomic E-state index is 13.5. The lowest BCUT2D eigenvalue weighted by molar-refractivity contribution is 0.199. The molecule has 3 nitrogen and oxygen atoms in total. The van der Waals surface area contributed by atoms with Gasteiger partial charge in [0.05, 0.1) is 6.61 Å². The number of ether oxygens (including phenoxy) is 1. The Hall–Kier alpha value is -1.13. The Morgan fingerprint density at radius 1 is 1.35 bits per heavy atom. The molecule has 1 aromatic rings. The average Bonchev–Trinajstić information content (AvgIpc) is 2.41. The van der Waals surface area contributed by atoms with E-state index in [9.17, 15) is 4.39 Å². The van der Waals surface area contributed by atoms with Crippen LogP contribution in [-0.4, -0.2) is 32.8 Å². The first-order valence-corrected chi connectivity index (χ1v) is 7.34. The van der Waals surface area contributed by atoms with Crippen LogP contribution < -0.4 is 10.2 Å². The van der Waals surface area contributed by atoms with Gasteiger partial charge in [-0.15, -0.1) is 0 Å². The highest BCUT2D eigenvalue weighted by Crippen LogP contribution is 2.24. The molecule has 0 aliphatic carbocycles. The van der Waals surface area contributed by atoms with Gasteiger partial charge in [0.1, 0.15) is 5.82 Å². The molecule has 1 N–H and O–H groups in total. The molecule has 0 radical (unpaired) electrons. The molecule has 0 spiro atoms. The molecule has 0 saturated carbocycles. The number of halogens is 1. The van der Waals surface area contributed by atoms with Crippen LogP contribution in [0.5, 0.6) is 0 Å². The molecular weight excluding hydrogens is 255 g/mol. The van der Waals surface area contributed by atoms with Crippen LogP contribution in [0.4, 0.5) is 10.1 Å². The minimum absolute atomic E-state index is 0.183. The summed E-state index contributed by atoms with van der Waals surface area (Å²) in [5.41, 5.74) is 2.12. The summed E-state index contributed by atoms with van der Waals surface area (Å²) >= 11 is 0. The first-order chi connectivity index (χ1) is 9.60. The van der Waals surface area contributed by atoms with Crippen LogP contribution in [0.15, 0.2) is 18.2 Å². The summed E-state index contributed by atoms with van der Waals surface area (Å²) in [5.74, 6) is -0.183. The zero-order chi connectivity index (χ0) is 15.0. The Kier molecular flexibility index (Phi) is 7.55. The summed E-state index contributed by atoms with van der Waals surface area (Å²) in [6.07, 6.45) is 1.08. The molecule has 0 saturated heterocycles. The topological polar surface area (TPSA) is 24.5 Å². The standard InChI is InChI=1S/C16H27FN2O/c1-5-9-19(13(2)3)16-7-6-15(17)11-14(16)12-18-8-10-20-4/h6-7,11,13,18H,5,8-10,12H2,1-4H3. The third-order valence-electron chi connectivity index (χ3n) is 3.24. The summed E-state index contributed by atoms with van der Waals surface area (Å²) in [4.78, 5) is 2.33. The van der Waals surface area contributed by atoms with Gasteiger partial charge in [0.2, 0.25) is 0 Å². The third kappa shape index (κ3) is 5.10. The van der Waals surface area contributed by atoms with Crippen molar-refractivity contribution in [3.8, 4) is 0 Å². The van der Waals surface area contributed by atoms with E-state index in [4.69, 9.17) is 4.74 Å². The average molecular weight is 282 g/mol. The van der Waals surface area contributed by atoms with Crippen LogP contribution in [0.3, 0.4) is 0 Å². The fourth-order valence-corrected chi connectivity index (χ4v) is 2.27. The van der Waals surface area contributed by atoms with Gasteiger partial charge in [-0.05, 0) is 44.0 Å². The van der Waals surface area contributed by atoms with Gasteiger partial charge in [-0.1, -0.05) is 6.92 Å². The number of hydrogen-bond donors (Lipinski definition) is 1. The largest absolute Gasteiger partial charge is 0.383 e. The Morgan fingerprint density at radius 3 is 2.70 bits per heavy atom. The molecule has 1 rings (SSSR count). The lowest BCUT2D eigenvalue weighted by Crippen LogP contribution is -2.33. The quantitative estimate of drug-likeness (QED) is 0.704. The fraction of sp³-hybridized carbons (Fsp3) is 0.625. The smallest absolute Gasteiger partial charge is 0.123 e. The molecule has 0 aromatic heterocycles. The molecular formula is C16H27FN2O. The molecule has 0 amide bonds. The van der Waals surface area contributed by atoms with E-state index in [0.29, 0.717) is 19.2 Å². The number of nitrogens with one attached hydrogen (secondary N) is 1. The lowest BCUT2D eigenvalue weighted by atomic mass is 10.1. The first-order valence-electron chi connectivity index (χ1n) is 7.34. The number of anilines is 1. The summed E-state index contributed by atoms with van der Waals surface area (Å²) in [5, 5.41) is 3.29. The van der Waals surface area contributed by atoms with Crippen molar-refractivity contribution in [2.75, 3.05) is 31.7 Å². The first kappa shape index (κ1) is 16.9. The number of benzene rings is 1. The Balaban J connectivity index is 2.87. The third-order valence-corrected chi connectivity index (χ3v) is 3.24. The lowest BCUT2D eigenvalue weighted by Gasteiger charge is -2.31. The SMILES string of the molecule is CCCN(c1ccc(F)cc1CNCCOC)C(C)C. The van der Waals surface area contributed by atoms with Crippen molar-refractivity contribution in [2.45, 2.75) is 39.8 Å². The van der Waals surface area contributed by atoms with Gasteiger partial charge in [0.15, 0.2) is 0 Å². The molecule has 0 aliphatic heterocycles. The monoisotopic (exact) mass is 282 g/mol. The summed E-state index contributed by atoms with van der Waals surface area (Å²) < 4.78 is 18.5. The van der Waals surface area contributed by atoms with E-state index in [1.807, 2.05) is 6.07 Å². The predicted molar refractivity (Wildman–Crippen MR) is 82.8 cm³/mol. The molecule has 0 heterocycles. The maximum absolute atomic E-state index is 13.5. The normalized spacial score (nSPS) is 11.1. The van der Waals surface area contributed by atoms with Gasteiger partial charge < -0.3 is 15.0 Å². The zero-order valence-corrected chi connectivity index (χ0v) is 13.1. The fourth-order valence-electron chi connectivity index (χ4n) is 2.27. The van der Waals surface area contributed by atoms with E-state index >= 15 is 0 Å². The number of methoxy groups -OCH3 is 1. The van der Waals surface area contributed by atoms with Crippen molar-refractivity contribution in [1.29, 1.82) is 0 Å². The van der Waals surface area contributed by atoms with E-state index in [0.717, 1.165) is 30.8 Å². The highest BCUT2D eigenvalue weighted by atomic mass is 19.1. The molecule has 20 heavy (non-hydrogen) atoms. The second-order valence-corrected chi connectivity index (χ2v) is 5.23. The van der Waals surface area contributed by atoms with Crippen LogP contribution in [0.1, 0.15) is 32.8 Å². The number of nitrogens with zero attached hydrogens (tertiary/aromatic N) is 1. The van der Waals surface area contributed by atoms with Gasteiger partial charge in [-0.3, -0.25) is 0 Å². The van der Waals surface area contributed by atoms with E-state index in [-0.39, 0.29) is 5.82 Å². The van der Waals surface area contributed by atoms with Crippen molar-refractivity contribution in [1.82, 2.24) is 5.32 Å². The summed E-state index contributed by atoms with van der Waals surface area (Å²) in [6.45, 7) is 9.56. The number of rotatable bonds is 9. The summed E-state index contributed by atoms with van der Waals surface area (Å²) in [7, 11) is 1.68. The minimum atomic E-state index is -0.183. The van der Waals surface area contributed by atoms with E-state index in [2.05, 4.69) is 31.0 Å². The molecule has 4 heteroatoms. The Labute approximate surface area is 122 Å². The predicted octanol–water partition coefficient (Wildman–Crippen LogP) is 3.19. The Bertz CT molecular complexity index is 396. The molecule has 0 unspecified atom stereocenters.